The van der Waals surface area contributed by atoms with Crippen LogP contribution < -0.4 is 0 Å². The predicted molar refractivity (Wildman–Crippen MR) is 103 cm³/mol. The monoisotopic (exact) mass is 360 g/mol. The van der Waals surface area contributed by atoms with E-state index in [9.17, 15) is 0 Å². The molecule has 0 atom stereocenters. The average Bonchev–Trinajstić information content (AvgIpc) is 2.87. The second-order valence-electron chi connectivity index (χ2n) is 6.50. The van der Waals surface area contributed by atoms with Gasteiger partial charge in [0.2, 0.25) is 0 Å². The molecule has 0 unspecified atom stereocenters. The van der Waals surface area contributed by atoms with Gasteiger partial charge < -0.3 is 0 Å². The van der Waals surface area contributed by atoms with Gasteiger partial charge in [-0.05, 0) is 0 Å². The van der Waals surface area contributed by atoms with Crippen LogP contribution in [-0.4, -0.2) is 14.5 Å². The maximum atomic E-state index is 2.40. The summed E-state index contributed by atoms with van der Waals surface area (Å²) in [6.45, 7) is 4.33. The van der Waals surface area contributed by atoms with E-state index in [0.717, 1.165) is 0 Å². The van der Waals surface area contributed by atoms with Crippen LogP contribution in [0.3, 0.4) is 0 Å². The first kappa shape index (κ1) is 13.4. The molecule has 1 heterocycles. The molecule has 0 aliphatic rings. The Morgan fingerprint density at radius 2 is 1.00 bits per heavy atom. The van der Waals surface area contributed by atoms with Crippen LogP contribution in [0.25, 0.3) is 40.8 Å². The Morgan fingerprint density at radius 1 is 0.522 bits per heavy atom. The fraction of sp³-hybridized carbons (Fsp3) is 0.0909. The van der Waals surface area contributed by atoms with Crippen molar-refractivity contribution in [1.82, 2.24) is 0 Å². The molecule has 23 heavy (non-hydrogen) atoms. The van der Waals surface area contributed by atoms with E-state index < -0.39 is 0 Å². The summed E-state index contributed by atoms with van der Waals surface area (Å²) in [5, 5.41) is 8.34. The van der Waals surface area contributed by atoms with E-state index in [1.165, 1.54) is 52.0 Å². The van der Waals surface area contributed by atoms with Crippen molar-refractivity contribution in [3.63, 3.8) is 0 Å². The Bertz CT molecular complexity index is 1130. The van der Waals surface area contributed by atoms with Crippen LogP contribution in [0, 0.1) is 13.8 Å². The van der Waals surface area contributed by atoms with E-state index in [2.05, 4.69) is 74.5 Å². The van der Waals surface area contributed by atoms with Gasteiger partial charge in [-0.3, -0.25) is 0 Å². The zero-order valence-electron chi connectivity index (χ0n) is 13.2. The Hall–Kier alpha value is -2.08. The summed E-state index contributed by atoms with van der Waals surface area (Å²) in [7, 11) is 0. The molecule has 0 saturated heterocycles. The topological polar surface area (TPSA) is 0 Å². The zero-order chi connectivity index (χ0) is 15.6. The third-order valence-corrected chi connectivity index (χ3v) is 7.04. The van der Waals surface area contributed by atoms with Crippen molar-refractivity contribution in [2.24, 2.45) is 0 Å². The van der Waals surface area contributed by atoms with Gasteiger partial charge in [0, 0.05) is 0 Å². The quantitative estimate of drug-likeness (QED) is 0.299. The molecule has 0 N–H and O–H groups in total. The molecule has 0 nitrogen and oxygen atoms in total. The van der Waals surface area contributed by atoms with Gasteiger partial charge in [-0.15, -0.1) is 0 Å². The predicted octanol–water partition coefficient (Wildman–Crippen LogP) is 5.97. The molecule has 1 aromatic heterocycles. The first-order chi connectivity index (χ1) is 11.2. The van der Waals surface area contributed by atoms with Crippen LogP contribution in [-0.2, 0) is 0 Å². The molecule has 0 fully saturated rings. The molecule has 0 spiro atoms. The Kier molecular flexibility index (Phi) is 2.74. The van der Waals surface area contributed by atoms with Gasteiger partial charge >= 0.3 is 141 Å². The molecule has 110 valence electrons. The van der Waals surface area contributed by atoms with Crippen LogP contribution >= 0.6 is 0 Å². The Balaban J connectivity index is 1.95. The van der Waals surface area contributed by atoms with Crippen molar-refractivity contribution in [2.45, 2.75) is 13.8 Å². The molecule has 5 rings (SSSR count). The van der Waals surface area contributed by atoms with Gasteiger partial charge in [-0.25, -0.2) is 0 Å². The molecular weight excluding hydrogens is 343 g/mol. The van der Waals surface area contributed by atoms with Gasteiger partial charge in [-0.2, -0.15) is 0 Å². The summed E-state index contributed by atoms with van der Waals surface area (Å²) in [5.41, 5.74) is 2.66. The number of benzene rings is 4. The summed E-state index contributed by atoms with van der Waals surface area (Å²) in [4.78, 5) is 0. The van der Waals surface area contributed by atoms with E-state index in [1.54, 1.807) is 0 Å². The first-order valence-corrected chi connectivity index (χ1v) is 9.66. The van der Waals surface area contributed by atoms with Crippen molar-refractivity contribution >= 4 is 55.3 Å². The molecule has 0 radical (unpaired) electrons. The maximum absolute atomic E-state index is 2.40. The van der Waals surface area contributed by atoms with E-state index >= 15 is 0 Å². The van der Waals surface area contributed by atoms with Gasteiger partial charge in [0.15, 0.2) is 0 Å². The third kappa shape index (κ3) is 2.05. The molecule has 0 saturated carbocycles. The van der Waals surface area contributed by atoms with Crippen molar-refractivity contribution in [3.05, 3.63) is 71.8 Å². The molecule has 5 aromatic rings. The molecule has 0 amide bonds. The fourth-order valence-corrected chi connectivity index (χ4v) is 5.95. The van der Waals surface area contributed by atoms with E-state index in [4.69, 9.17) is 0 Å². The molecular formula is C22H16Se. The Morgan fingerprint density at radius 3 is 1.48 bits per heavy atom. The second kappa shape index (κ2) is 4.71. The standard InChI is InChI=1S/C22H16Se/c1-13-3-5-15-11-21-19(9-17(15)7-13)20-10-18-8-14(2)4-6-16(18)12-22(20)23-21/h3-12H,1-2H3. The molecule has 4 aromatic carbocycles. The van der Waals surface area contributed by atoms with Crippen LogP contribution in [0.1, 0.15) is 11.1 Å². The van der Waals surface area contributed by atoms with Gasteiger partial charge in [0.05, 0.1) is 0 Å². The number of hydrogen-bond donors (Lipinski definition) is 0. The van der Waals surface area contributed by atoms with Crippen molar-refractivity contribution in [3.8, 4) is 0 Å². The second-order valence-corrected chi connectivity index (χ2v) is 8.77. The number of fused-ring (bicyclic) bond motifs is 5. The summed E-state index contributed by atoms with van der Waals surface area (Å²) < 4.78 is 3.05. The van der Waals surface area contributed by atoms with E-state index in [1.807, 2.05) is 0 Å². The normalized spacial score (nSPS) is 11.9. The van der Waals surface area contributed by atoms with Crippen molar-refractivity contribution in [1.29, 1.82) is 0 Å². The van der Waals surface area contributed by atoms with Crippen LogP contribution in [0.2, 0.25) is 0 Å². The number of aryl methyl sites for hydroxylation is 2. The molecule has 0 aliphatic heterocycles. The average molecular weight is 359 g/mol. The van der Waals surface area contributed by atoms with Gasteiger partial charge in [0.25, 0.3) is 0 Å². The summed E-state index contributed by atoms with van der Waals surface area (Å²) in [6, 6.07) is 23.1. The minimum absolute atomic E-state index is 0.419. The Labute approximate surface area is 141 Å². The van der Waals surface area contributed by atoms with Crippen LogP contribution in [0.4, 0.5) is 0 Å². The molecule has 0 bridgehead atoms. The SMILES string of the molecule is Cc1ccc2cc3[se]c4cc5ccc(C)cc5cc4c3cc2c1. The zero-order valence-corrected chi connectivity index (χ0v) is 14.9. The fourth-order valence-electron chi connectivity index (χ4n) is 3.50. The van der Waals surface area contributed by atoms with E-state index in [-0.39, 0.29) is 0 Å². The summed E-state index contributed by atoms with van der Waals surface area (Å²) >= 11 is 0.419. The minimum atomic E-state index is 0.419. The number of rotatable bonds is 0. The van der Waals surface area contributed by atoms with Crippen LogP contribution in [0.15, 0.2) is 60.7 Å². The summed E-state index contributed by atoms with van der Waals surface area (Å²) in [6.07, 6.45) is 0. The van der Waals surface area contributed by atoms with Crippen molar-refractivity contribution in [2.75, 3.05) is 0 Å². The van der Waals surface area contributed by atoms with Gasteiger partial charge in [0.1, 0.15) is 0 Å². The van der Waals surface area contributed by atoms with Crippen LogP contribution in [0.5, 0.6) is 0 Å². The van der Waals surface area contributed by atoms with Gasteiger partial charge in [-0.1, -0.05) is 0 Å². The van der Waals surface area contributed by atoms with E-state index in [0.29, 0.717) is 14.5 Å². The first-order valence-electron chi connectivity index (χ1n) is 7.94. The number of hydrogen-bond acceptors (Lipinski definition) is 0. The third-order valence-electron chi connectivity index (χ3n) is 4.70. The molecule has 1 heteroatoms. The van der Waals surface area contributed by atoms with Crippen molar-refractivity contribution < 1.29 is 0 Å². The summed E-state index contributed by atoms with van der Waals surface area (Å²) in [5.74, 6) is 0. The molecule has 0 aliphatic carbocycles.